The average Bonchev–Trinajstić information content (AvgIpc) is 2.66. The van der Waals surface area contributed by atoms with Gasteiger partial charge in [-0.05, 0) is 13.0 Å². The topological polar surface area (TPSA) is 82.2 Å². The number of carbonyl (C=O) groups is 1. The van der Waals surface area contributed by atoms with E-state index in [1.54, 1.807) is 17.9 Å². The van der Waals surface area contributed by atoms with Gasteiger partial charge in [-0.15, -0.1) is 0 Å². The van der Waals surface area contributed by atoms with E-state index in [0.29, 0.717) is 31.9 Å². The zero-order chi connectivity index (χ0) is 18.1. The van der Waals surface area contributed by atoms with Gasteiger partial charge in [0.2, 0.25) is 0 Å². The van der Waals surface area contributed by atoms with Crippen LogP contribution in [-0.4, -0.2) is 51.9 Å². The summed E-state index contributed by atoms with van der Waals surface area (Å²) in [5, 5.41) is 2.26. The van der Waals surface area contributed by atoms with Gasteiger partial charge < -0.3 is 14.8 Å². The molecule has 1 aliphatic heterocycles. The van der Waals surface area contributed by atoms with Crippen molar-refractivity contribution in [2.24, 2.45) is 0 Å². The van der Waals surface area contributed by atoms with Gasteiger partial charge in [-0.25, -0.2) is 4.79 Å². The number of nitrogens with one attached hydrogen (secondary N) is 1. The molecule has 0 radical (unpaired) electrons. The third kappa shape index (κ3) is 3.03. The van der Waals surface area contributed by atoms with Crippen LogP contribution < -0.4 is 10.6 Å². The summed E-state index contributed by atoms with van der Waals surface area (Å²) in [5.74, 6) is -0.199. The summed E-state index contributed by atoms with van der Waals surface area (Å²) < 4.78 is 0. The molecule has 7 nitrogen and oxygen atoms in total. The van der Waals surface area contributed by atoms with E-state index in [9.17, 15) is 9.59 Å². The van der Waals surface area contributed by atoms with Crippen molar-refractivity contribution >= 4 is 22.4 Å². The SMILES string of the molecule is Cc1cc(C(=O)N2CCN(c3cncc4ccccc34)CC2)nc(=O)[nH]1. The Kier molecular flexibility index (Phi) is 4.12. The number of anilines is 1. The van der Waals surface area contributed by atoms with Crippen LogP contribution in [0.5, 0.6) is 0 Å². The Morgan fingerprint density at radius 3 is 2.65 bits per heavy atom. The number of pyridine rings is 1. The van der Waals surface area contributed by atoms with Gasteiger partial charge >= 0.3 is 5.69 Å². The number of H-pyrrole nitrogens is 1. The summed E-state index contributed by atoms with van der Waals surface area (Å²) in [5.41, 5.74) is 1.43. The Labute approximate surface area is 150 Å². The number of hydrogen-bond donors (Lipinski definition) is 1. The second-order valence-corrected chi connectivity index (χ2v) is 6.41. The fourth-order valence-corrected chi connectivity index (χ4v) is 3.35. The molecule has 0 aliphatic carbocycles. The van der Waals surface area contributed by atoms with Crippen molar-refractivity contribution < 1.29 is 4.79 Å². The van der Waals surface area contributed by atoms with E-state index in [0.717, 1.165) is 16.5 Å². The second kappa shape index (κ2) is 6.59. The van der Waals surface area contributed by atoms with Crippen LogP contribution in [0.4, 0.5) is 5.69 Å². The molecule has 1 N–H and O–H groups in total. The van der Waals surface area contributed by atoms with Crippen LogP contribution >= 0.6 is 0 Å². The minimum absolute atomic E-state index is 0.199. The van der Waals surface area contributed by atoms with Crippen molar-refractivity contribution in [3.63, 3.8) is 0 Å². The number of fused-ring (bicyclic) bond motifs is 1. The maximum absolute atomic E-state index is 12.6. The van der Waals surface area contributed by atoms with E-state index in [4.69, 9.17) is 0 Å². The third-order valence-corrected chi connectivity index (χ3v) is 4.65. The molecular weight excluding hydrogens is 330 g/mol. The Morgan fingerprint density at radius 1 is 1.12 bits per heavy atom. The number of piperazine rings is 1. The predicted octanol–water partition coefficient (Wildman–Crippen LogP) is 1.59. The first-order chi connectivity index (χ1) is 12.6. The fraction of sp³-hybridized carbons (Fsp3) is 0.263. The van der Waals surface area contributed by atoms with Gasteiger partial charge in [0.25, 0.3) is 5.91 Å². The summed E-state index contributed by atoms with van der Waals surface area (Å²) in [6.07, 6.45) is 3.74. The number of aromatic amines is 1. The summed E-state index contributed by atoms with van der Waals surface area (Å²) in [7, 11) is 0. The van der Waals surface area contributed by atoms with Crippen LogP contribution in [0, 0.1) is 6.92 Å². The van der Waals surface area contributed by atoms with Crippen molar-refractivity contribution in [2.75, 3.05) is 31.1 Å². The lowest BCUT2D eigenvalue weighted by atomic mass is 10.1. The number of hydrogen-bond acceptors (Lipinski definition) is 5. The number of carbonyl (C=O) groups excluding carboxylic acids is 1. The lowest BCUT2D eigenvalue weighted by molar-refractivity contribution is 0.0740. The first-order valence-corrected chi connectivity index (χ1v) is 8.57. The standard InChI is InChI=1S/C19H19N5O2/c1-13-10-16(22-19(26)21-13)18(25)24-8-6-23(7-9-24)17-12-20-11-14-4-2-3-5-15(14)17/h2-5,10-12H,6-9H2,1H3,(H,21,22,26). The van der Waals surface area contributed by atoms with Crippen molar-refractivity contribution in [3.05, 3.63) is 64.6 Å². The minimum Gasteiger partial charge on any atom is -0.366 e. The number of aryl methyl sites for hydroxylation is 1. The molecule has 0 unspecified atom stereocenters. The Bertz CT molecular complexity index is 1020. The van der Waals surface area contributed by atoms with Crippen molar-refractivity contribution in [2.45, 2.75) is 6.92 Å². The Hall–Kier alpha value is -3.22. The second-order valence-electron chi connectivity index (χ2n) is 6.41. The van der Waals surface area contributed by atoms with E-state index in [1.165, 1.54) is 0 Å². The molecule has 3 aromatic rings. The number of rotatable bonds is 2. The molecule has 0 bridgehead atoms. The average molecular weight is 349 g/mol. The first kappa shape index (κ1) is 16.3. The van der Waals surface area contributed by atoms with Crippen LogP contribution in [-0.2, 0) is 0 Å². The lowest BCUT2D eigenvalue weighted by Crippen LogP contribution is -2.49. The number of nitrogens with zero attached hydrogens (tertiary/aromatic N) is 4. The predicted molar refractivity (Wildman–Crippen MR) is 99.5 cm³/mol. The molecule has 1 saturated heterocycles. The molecule has 1 amide bonds. The maximum atomic E-state index is 12.6. The highest BCUT2D eigenvalue weighted by atomic mass is 16.2. The Morgan fingerprint density at radius 2 is 1.88 bits per heavy atom. The highest BCUT2D eigenvalue weighted by Gasteiger charge is 2.24. The van der Waals surface area contributed by atoms with E-state index in [2.05, 4.69) is 25.9 Å². The number of benzene rings is 1. The molecule has 2 aromatic heterocycles. The molecule has 1 aliphatic rings. The van der Waals surface area contributed by atoms with E-state index >= 15 is 0 Å². The smallest absolute Gasteiger partial charge is 0.345 e. The molecular formula is C19H19N5O2. The van der Waals surface area contributed by atoms with Crippen LogP contribution in [0.1, 0.15) is 16.2 Å². The van der Waals surface area contributed by atoms with E-state index in [-0.39, 0.29) is 11.6 Å². The van der Waals surface area contributed by atoms with Crippen molar-refractivity contribution in [3.8, 4) is 0 Å². The molecule has 0 atom stereocenters. The van der Waals surface area contributed by atoms with Gasteiger partial charge in [-0.3, -0.25) is 9.78 Å². The summed E-state index contributed by atoms with van der Waals surface area (Å²) in [4.78, 5) is 38.8. The molecule has 7 heteroatoms. The van der Waals surface area contributed by atoms with Gasteiger partial charge in [-0.1, -0.05) is 24.3 Å². The van der Waals surface area contributed by atoms with Crippen LogP contribution in [0.3, 0.4) is 0 Å². The quantitative estimate of drug-likeness (QED) is 0.760. The van der Waals surface area contributed by atoms with Gasteiger partial charge in [0.05, 0.1) is 11.9 Å². The zero-order valence-electron chi connectivity index (χ0n) is 14.5. The molecule has 4 rings (SSSR count). The number of aromatic nitrogens is 3. The number of amides is 1. The molecule has 132 valence electrons. The summed E-state index contributed by atoms with van der Waals surface area (Å²) in [6, 6.07) is 9.78. The summed E-state index contributed by atoms with van der Waals surface area (Å²) >= 11 is 0. The highest BCUT2D eigenvalue weighted by Crippen LogP contribution is 2.26. The fourth-order valence-electron chi connectivity index (χ4n) is 3.35. The molecule has 3 heterocycles. The third-order valence-electron chi connectivity index (χ3n) is 4.65. The molecule has 0 saturated carbocycles. The maximum Gasteiger partial charge on any atom is 0.345 e. The summed E-state index contributed by atoms with van der Waals surface area (Å²) in [6.45, 7) is 4.32. The minimum atomic E-state index is -0.492. The Balaban J connectivity index is 1.52. The monoisotopic (exact) mass is 349 g/mol. The van der Waals surface area contributed by atoms with E-state index < -0.39 is 5.69 Å². The van der Waals surface area contributed by atoms with Crippen LogP contribution in [0.25, 0.3) is 10.8 Å². The van der Waals surface area contributed by atoms with Gasteiger partial charge in [0.1, 0.15) is 5.69 Å². The highest BCUT2D eigenvalue weighted by molar-refractivity contribution is 5.94. The van der Waals surface area contributed by atoms with Crippen molar-refractivity contribution in [1.29, 1.82) is 0 Å². The first-order valence-electron chi connectivity index (χ1n) is 8.57. The van der Waals surface area contributed by atoms with Crippen molar-refractivity contribution in [1.82, 2.24) is 19.9 Å². The van der Waals surface area contributed by atoms with Gasteiger partial charge in [-0.2, -0.15) is 4.98 Å². The van der Waals surface area contributed by atoms with Crippen LogP contribution in [0.15, 0.2) is 47.5 Å². The normalized spacial score (nSPS) is 14.7. The van der Waals surface area contributed by atoms with Crippen LogP contribution in [0.2, 0.25) is 0 Å². The molecule has 1 fully saturated rings. The molecule has 1 aromatic carbocycles. The van der Waals surface area contributed by atoms with Gasteiger partial charge in [0.15, 0.2) is 0 Å². The zero-order valence-corrected chi connectivity index (χ0v) is 14.5. The lowest BCUT2D eigenvalue weighted by Gasteiger charge is -2.36. The molecule has 26 heavy (non-hydrogen) atoms. The molecule has 0 spiro atoms. The van der Waals surface area contributed by atoms with Gasteiger partial charge in [0, 0.05) is 48.8 Å². The largest absolute Gasteiger partial charge is 0.366 e. The van der Waals surface area contributed by atoms with E-state index in [1.807, 2.05) is 30.6 Å².